The van der Waals surface area contributed by atoms with Crippen molar-refractivity contribution >= 4 is 17.5 Å². The fourth-order valence-electron chi connectivity index (χ4n) is 1.53. The van der Waals surface area contributed by atoms with Crippen LogP contribution in [0.2, 0.25) is 0 Å². The van der Waals surface area contributed by atoms with Gasteiger partial charge < -0.3 is 10.1 Å². The Morgan fingerprint density at radius 1 is 1.29 bits per heavy atom. The molecule has 0 unspecified atom stereocenters. The molecule has 1 amide bonds. The highest BCUT2D eigenvalue weighted by molar-refractivity contribution is 6.17. The molecule has 1 aromatic rings. The van der Waals surface area contributed by atoms with Gasteiger partial charge in [-0.05, 0) is 25.0 Å². The number of hydrogen-bond acceptors (Lipinski definition) is 2. The van der Waals surface area contributed by atoms with Gasteiger partial charge in [0.15, 0.2) is 0 Å². The molecule has 0 radical (unpaired) electrons. The zero-order valence-electron chi connectivity index (χ0n) is 10.0. The molecular weight excluding hydrogens is 238 g/mol. The number of hydrogen-bond donors (Lipinski definition) is 1. The summed E-state index contributed by atoms with van der Waals surface area (Å²) in [6, 6.07) is 7.20. The Labute approximate surface area is 107 Å². The first-order chi connectivity index (χ1) is 8.29. The Balaban J connectivity index is 2.41. The van der Waals surface area contributed by atoms with Crippen LogP contribution in [0.3, 0.4) is 0 Å². The van der Waals surface area contributed by atoms with Crippen LogP contribution in [0.5, 0.6) is 5.75 Å². The number of methoxy groups -OCH3 is 1. The molecule has 0 bridgehead atoms. The minimum Gasteiger partial charge on any atom is -0.496 e. The zero-order valence-corrected chi connectivity index (χ0v) is 10.8. The van der Waals surface area contributed by atoms with Gasteiger partial charge in [-0.3, -0.25) is 4.79 Å². The maximum Gasteiger partial charge on any atom is 0.255 e. The molecule has 0 aliphatic carbocycles. The number of ether oxygens (including phenoxy) is 1. The standard InChI is InChI=1S/C13H18ClNO2/c1-17-12-8-4-3-7-11(12)13(16)15-10-6-2-5-9-14/h3-4,7-8H,2,5-6,9-10H2,1H3,(H,15,16). The summed E-state index contributed by atoms with van der Waals surface area (Å²) in [6.07, 6.45) is 2.98. The van der Waals surface area contributed by atoms with Crippen LogP contribution in [-0.2, 0) is 0 Å². The lowest BCUT2D eigenvalue weighted by molar-refractivity contribution is 0.0950. The maximum absolute atomic E-state index is 11.8. The van der Waals surface area contributed by atoms with Crippen molar-refractivity contribution in [2.45, 2.75) is 19.3 Å². The van der Waals surface area contributed by atoms with Gasteiger partial charge in [0, 0.05) is 12.4 Å². The minimum absolute atomic E-state index is 0.0895. The highest BCUT2D eigenvalue weighted by Crippen LogP contribution is 2.16. The van der Waals surface area contributed by atoms with Crippen molar-refractivity contribution in [1.29, 1.82) is 0 Å². The third-order valence-electron chi connectivity index (χ3n) is 2.45. The summed E-state index contributed by atoms with van der Waals surface area (Å²) in [5, 5.41) is 2.87. The Bertz CT molecular complexity index is 355. The Hall–Kier alpha value is -1.22. The maximum atomic E-state index is 11.8. The normalized spacial score (nSPS) is 10.0. The fourth-order valence-corrected chi connectivity index (χ4v) is 1.71. The quantitative estimate of drug-likeness (QED) is 0.601. The molecule has 17 heavy (non-hydrogen) atoms. The number of carbonyl (C=O) groups excluding carboxylic acids is 1. The summed E-state index contributed by atoms with van der Waals surface area (Å²) >= 11 is 5.57. The van der Waals surface area contributed by atoms with E-state index in [1.165, 1.54) is 0 Å². The number of unbranched alkanes of at least 4 members (excludes halogenated alkanes) is 2. The lowest BCUT2D eigenvalue weighted by Gasteiger charge is -2.08. The predicted octanol–water partition coefficient (Wildman–Crippen LogP) is 2.83. The molecular formula is C13H18ClNO2. The van der Waals surface area contributed by atoms with Crippen LogP contribution in [0.1, 0.15) is 29.6 Å². The van der Waals surface area contributed by atoms with Gasteiger partial charge >= 0.3 is 0 Å². The number of alkyl halides is 1. The fraction of sp³-hybridized carbons (Fsp3) is 0.462. The number of halogens is 1. The first kappa shape index (κ1) is 13.8. The van der Waals surface area contributed by atoms with E-state index in [-0.39, 0.29) is 5.91 Å². The SMILES string of the molecule is COc1ccccc1C(=O)NCCCCCCl. The van der Waals surface area contributed by atoms with E-state index in [9.17, 15) is 4.79 Å². The molecule has 0 aromatic heterocycles. The summed E-state index contributed by atoms with van der Waals surface area (Å²) in [4.78, 5) is 11.8. The van der Waals surface area contributed by atoms with E-state index in [2.05, 4.69) is 5.32 Å². The summed E-state index contributed by atoms with van der Waals surface area (Å²) in [5.74, 6) is 1.19. The van der Waals surface area contributed by atoms with Gasteiger partial charge in [0.05, 0.1) is 12.7 Å². The van der Waals surface area contributed by atoms with Crippen molar-refractivity contribution in [1.82, 2.24) is 5.32 Å². The largest absolute Gasteiger partial charge is 0.496 e. The average Bonchev–Trinajstić information content (AvgIpc) is 2.38. The Kier molecular flexibility index (Phi) is 6.48. The zero-order chi connectivity index (χ0) is 12.5. The van der Waals surface area contributed by atoms with Crippen molar-refractivity contribution in [3.63, 3.8) is 0 Å². The third-order valence-corrected chi connectivity index (χ3v) is 2.71. The van der Waals surface area contributed by atoms with Crippen molar-refractivity contribution < 1.29 is 9.53 Å². The van der Waals surface area contributed by atoms with E-state index in [0.717, 1.165) is 19.3 Å². The lowest BCUT2D eigenvalue weighted by atomic mass is 10.2. The molecule has 1 rings (SSSR count). The molecule has 0 saturated carbocycles. The number of amides is 1. The molecule has 0 aliphatic heterocycles. The highest BCUT2D eigenvalue weighted by atomic mass is 35.5. The van der Waals surface area contributed by atoms with Crippen molar-refractivity contribution in [3.05, 3.63) is 29.8 Å². The first-order valence-electron chi connectivity index (χ1n) is 5.76. The van der Waals surface area contributed by atoms with Crippen LogP contribution in [0.25, 0.3) is 0 Å². The topological polar surface area (TPSA) is 38.3 Å². The van der Waals surface area contributed by atoms with E-state index >= 15 is 0 Å². The molecule has 4 heteroatoms. The van der Waals surface area contributed by atoms with Gasteiger partial charge in [-0.1, -0.05) is 18.6 Å². The number of nitrogens with one attached hydrogen (secondary N) is 1. The second kappa shape index (κ2) is 7.96. The van der Waals surface area contributed by atoms with Crippen LogP contribution in [0.15, 0.2) is 24.3 Å². The molecule has 0 atom stereocenters. The van der Waals surface area contributed by atoms with Crippen LogP contribution < -0.4 is 10.1 Å². The smallest absolute Gasteiger partial charge is 0.255 e. The van der Waals surface area contributed by atoms with Gasteiger partial charge in [-0.15, -0.1) is 11.6 Å². The van der Waals surface area contributed by atoms with Crippen LogP contribution >= 0.6 is 11.6 Å². The molecule has 94 valence electrons. The lowest BCUT2D eigenvalue weighted by Crippen LogP contribution is -2.24. The van der Waals surface area contributed by atoms with Gasteiger partial charge in [0.2, 0.25) is 0 Å². The van der Waals surface area contributed by atoms with Gasteiger partial charge in [0.25, 0.3) is 5.91 Å². The number of rotatable bonds is 7. The Morgan fingerprint density at radius 2 is 2.06 bits per heavy atom. The summed E-state index contributed by atoms with van der Waals surface area (Å²) in [6.45, 7) is 0.674. The first-order valence-corrected chi connectivity index (χ1v) is 6.30. The molecule has 0 aliphatic rings. The molecule has 0 heterocycles. The van der Waals surface area contributed by atoms with Crippen LogP contribution in [0.4, 0.5) is 0 Å². The minimum atomic E-state index is -0.0895. The number of para-hydroxylation sites is 1. The number of carbonyl (C=O) groups is 1. The third kappa shape index (κ3) is 4.65. The molecule has 0 saturated heterocycles. The molecule has 0 fully saturated rings. The van der Waals surface area contributed by atoms with E-state index < -0.39 is 0 Å². The van der Waals surface area contributed by atoms with E-state index in [4.69, 9.17) is 16.3 Å². The molecule has 3 nitrogen and oxygen atoms in total. The van der Waals surface area contributed by atoms with Gasteiger partial charge in [0.1, 0.15) is 5.75 Å². The molecule has 1 aromatic carbocycles. The average molecular weight is 256 g/mol. The van der Waals surface area contributed by atoms with Gasteiger partial charge in [-0.25, -0.2) is 0 Å². The molecule has 1 N–H and O–H groups in total. The van der Waals surface area contributed by atoms with E-state index in [1.54, 1.807) is 19.2 Å². The van der Waals surface area contributed by atoms with Crippen molar-refractivity contribution in [2.24, 2.45) is 0 Å². The summed E-state index contributed by atoms with van der Waals surface area (Å²) < 4.78 is 5.13. The van der Waals surface area contributed by atoms with E-state index in [1.807, 2.05) is 12.1 Å². The summed E-state index contributed by atoms with van der Waals surface area (Å²) in [7, 11) is 1.56. The predicted molar refractivity (Wildman–Crippen MR) is 69.9 cm³/mol. The summed E-state index contributed by atoms with van der Waals surface area (Å²) in [5.41, 5.74) is 0.576. The van der Waals surface area contributed by atoms with Gasteiger partial charge in [-0.2, -0.15) is 0 Å². The Morgan fingerprint density at radius 3 is 2.76 bits per heavy atom. The van der Waals surface area contributed by atoms with Crippen molar-refractivity contribution in [2.75, 3.05) is 19.5 Å². The molecule has 0 spiro atoms. The highest BCUT2D eigenvalue weighted by Gasteiger charge is 2.09. The second-order valence-corrected chi connectivity index (χ2v) is 4.08. The van der Waals surface area contributed by atoms with E-state index in [0.29, 0.717) is 23.7 Å². The van der Waals surface area contributed by atoms with Crippen molar-refractivity contribution in [3.8, 4) is 5.75 Å². The van der Waals surface area contributed by atoms with Crippen LogP contribution in [-0.4, -0.2) is 25.4 Å². The number of benzene rings is 1. The van der Waals surface area contributed by atoms with Crippen LogP contribution in [0, 0.1) is 0 Å². The second-order valence-electron chi connectivity index (χ2n) is 3.71. The monoisotopic (exact) mass is 255 g/mol.